The van der Waals surface area contributed by atoms with E-state index in [1.165, 1.54) is 27.7 Å². The van der Waals surface area contributed by atoms with Crippen molar-refractivity contribution in [2.45, 2.75) is 10.9 Å². The lowest BCUT2D eigenvalue weighted by Gasteiger charge is -2.12. The maximum atomic E-state index is 14.0. The molecule has 4 rings (SSSR count). The fourth-order valence-electron chi connectivity index (χ4n) is 2.60. The van der Waals surface area contributed by atoms with E-state index in [2.05, 4.69) is 20.9 Å². The van der Waals surface area contributed by atoms with Gasteiger partial charge in [0.25, 0.3) is 5.56 Å². The highest BCUT2D eigenvalue weighted by atomic mass is 79.9. The van der Waals surface area contributed by atoms with Crippen LogP contribution in [0.15, 0.2) is 68.3 Å². The molecule has 2 heterocycles. The number of thioether (sulfide) groups is 1. The second-order valence-electron chi connectivity index (χ2n) is 5.67. The van der Waals surface area contributed by atoms with Gasteiger partial charge >= 0.3 is 0 Å². The first-order valence-electron chi connectivity index (χ1n) is 7.86. The third kappa shape index (κ3) is 3.69. The number of hydrogen-bond acceptors (Lipinski definition) is 4. The first-order chi connectivity index (χ1) is 13.0. The molecule has 3 nitrogen and oxygen atoms in total. The molecule has 27 heavy (non-hydrogen) atoms. The number of rotatable bonds is 4. The van der Waals surface area contributed by atoms with Crippen LogP contribution in [0.3, 0.4) is 0 Å². The van der Waals surface area contributed by atoms with Crippen LogP contribution < -0.4 is 5.56 Å². The lowest BCUT2D eigenvalue weighted by molar-refractivity contribution is 0.591. The predicted molar refractivity (Wildman–Crippen MR) is 109 cm³/mol. The van der Waals surface area contributed by atoms with Crippen LogP contribution in [0.4, 0.5) is 8.78 Å². The molecule has 136 valence electrons. The Morgan fingerprint density at radius 1 is 1.11 bits per heavy atom. The zero-order valence-corrected chi connectivity index (χ0v) is 16.9. The summed E-state index contributed by atoms with van der Waals surface area (Å²) < 4.78 is 30.3. The fraction of sp³-hybridized carbons (Fsp3) is 0.0526. The van der Waals surface area contributed by atoms with Crippen molar-refractivity contribution in [3.05, 3.63) is 85.9 Å². The van der Waals surface area contributed by atoms with E-state index in [9.17, 15) is 13.6 Å². The van der Waals surface area contributed by atoms with Crippen LogP contribution in [-0.2, 0) is 5.75 Å². The molecule has 0 saturated carbocycles. The number of benzene rings is 2. The Morgan fingerprint density at radius 2 is 1.89 bits per heavy atom. The highest BCUT2D eigenvalue weighted by molar-refractivity contribution is 9.10. The van der Waals surface area contributed by atoms with Gasteiger partial charge in [-0.15, -0.1) is 11.3 Å². The molecule has 2 aromatic heterocycles. The van der Waals surface area contributed by atoms with Crippen molar-refractivity contribution in [2.75, 3.05) is 0 Å². The number of halogens is 3. The highest BCUT2D eigenvalue weighted by Crippen LogP contribution is 2.27. The summed E-state index contributed by atoms with van der Waals surface area (Å²) in [5.41, 5.74) is 1.30. The SMILES string of the molecule is O=c1c2sccc2nc(SCc2cc(F)ccc2F)n1-c1ccc(Br)cc1. The van der Waals surface area contributed by atoms with Gasteiger partial charge in [0.05, 0.1) is 11.2 Å². The maximum Gasteiger partial charge on any atom is 0.276 e. The highest BCUT2D eigenvalue weighted by Gasteiger charge is 2.15. The molecular weight excluding hydrogens is 454 g/mol. The quantitative estimate of drug-likeness (QED) is 0.283. The Bertz CT molecular complexity index is 1190. The largest absolute Gasteiger partial charge is 0.276 e. The molecule has 0 saturated heterocycles. The second kappa shape index (κ2) is 7.53. The summed E-state index contributed by atoms with van der Waals surface area (Å²) in [6.45, 7) is 0. The molecule has 0 N–H and O–H groups in total. The molecule has 2 aromatic carbocycles. The van der Waals surface area contributed by atoms with Gasteiger partial charge in [0.2, 0.25) is 0 Å². The van der Waals surface area contributed by atoms with Gasteiger partial charge < -0.3 is 0 Å². The van der Waals surface area contributed by atoms with Gasteiger partial charge in [0.15, 0.2) is 5.16 Å². The van der Waals surface area contributed by atoms with Gasteiger partial charge in [-0.1, -0.05) is 27.7 Å². The van der Waals surface area contributed by atoms with Crippen molar-refractivity contribution < 1.29 is 8.78 Å². The first kappa shape index (κ1) is 18.3. The van der Waals surface area contributed by atoms with E-state index >= 15 is 0 Å². The molecular formula is C19H11BrF2N2OS2. The molecule has 0 aliphatic heterocycles. The Balaban J connectivity index is 1.81. The molecule has 0 amide bonds. The summed E-state index contributed by atoms with van der Waals surface area (Å²) in [6, 6.07) is 12.4. The van der Waals surface area contributed by atoms with Crippen LogP contribution in [0.2, 0.25) is 0 Å². The summed E-state index contributed by atoms with van der Waals surface area (Å²) >= 11 is 5.90. The number of aromatic nitrogens is 2. The van der Waals surface area contributed by atoms with Crippen molar-refractivity contribution in [1.29, 1.82) is 0 Å². The summed E-state index contributed by atoms with van der Waals surface area (Å²) in [6.07, 6.45) is 0. The van der Waals surface area contributed by atoms with Crippen molar-refractivity contribution >= 4 is 49.2 Å². The summed E-state index contributed by atoms with van der Waals surface area (Å²) in [5.74, 6) is -0.834. The van der Waals surface area contributed by atoms with Crippen molar-refractivity contribution in [2.24, 2.45) is 0 Å². The molecule has 0 radical (unpaired) electrons. The van der Waals surface area contributed by atoms with E-state index in [0.29, 0.717) is 21.1 Å². The first-order valence-corrected chi connectivity index (χ1v) is 10.5. The standard InChI is InChI=1S/C19H11BrF2N2OS2/c20-12-1-4-14(5-2-12)24-18(25)17-16(7-8-26-17)23-19(24)27-10-11-9-13(21)3-6-15(11)22/h1-9H,10H2. The topological polar surface area (TPSA) is 34.9 Å². The normalized spacial score (nSPS) is 11.2. The summed E-state index contributed by atoms with van der Waals surface area (Å²) in [7, 11) is 0. The van der Waals surface area contributed by atoms with Crippen molar-refractivity contribution in [1.82, 2.24) is 9.55 Å². The van der Waals surface area contributed by atoms with E-state index in [-0.39, 0.29) is 16.9 Å². The van der Waals surface area contributed by atoms with Gasteiger partial charge in [0, 0.05) is 15.8 Å². The summed E-state index contributed by atoms with van der Waals surface area (Å²) in [4.78, 5) is 17.6. The Hall–Kier alpha value is -2.03. The van der Waals surface area contributed by atoms with Crippen LogP contribution in [0.25, 0.3) is 15.9 Å². The Labute approximate surface area is 169 Å². The van der Waals surface area contributed by atoms with E-state index in [1.54, 1.807) is 18.2 Å². The number of thiophene rings is 1. The molecule has 0 spiro atoms. The van der Waals surface area contributed by atoms with E-state index < -0.39 is 11.6 Å². The summed E-state index contributed by atoms with van der Waals surface area (Å²) in [5, 5.41) is 2.24. The lowest BCUT2D eigenvalue weighted by atomic mass is 10.2. The van der Waals surface area contributed by atoms with E-state index in [4.69, 9.17) is 0 Å². The molecule has 8 heteroatoms. The molecule has 0 aliphatic rings. The number of fused-ring (bicyclic) bond motifs is 1. The third-order valence-corrected chi connectivity index (χ3v) is 6.31. The second-order valence-corrected chi connectivity index (χ2v) is 8.45. The van der Waals surface area contributed by atoms with E-state index in [0.717, 1.165) is 22.7 Å². The molecule has 0 fully saturated rings. The average molecular weight is 465 g/mol. The van der Waals surface area contributed by atoms with Crippen LogP contribution in [0.1, 0.15) is 5.56 Å². The number of nitrogens with zero attached hydrogens (tertiary/aromatic N) is 2. The monoisotopic (exact) mass is 464 g/mol. The zero-order chi connectivity index (χ0) is 19.0. The zero-order valence-electron chi connectivity index (χ0n) is 13.7. The molecule has 0 atom stereocenters. The average Bonchev–Trinajstić information content (AvgIpc) is 3.12. The van der Waals surface area contributed by atoms with Crippen molar-refractivity contribution in [3.63, 3.8) is 0 Å². The van der Waals surface area contributed by atoms with Crippen LogP contribution >= 0.6 is 39.0 Å². The van der Waals surface area contributed by atoms with Gasteiger partial charge in [-0.3, -0.25) is 9.36 Å². The molecule has 0 unspecified atom stereocenters. The minimum absolute atomic E-state index is 0.155. The minimum Gasteiger partial charge on any atom is -0.267 e. The molecule has 4 aromatic rings. The Morgan fingerprint density at radius 3 is 2.67 bits per heavy atom. The van der Waals surface area contributed by atoms with E-state index in [1.807, 2.05) is 17.5 Å². The lowest BCUT2D eigenvalue weighted by Crippen LogP contribution is -2.20. The van der Waals surface area contributed by atoms with Gasteiger partial charge in [-0.2, -0.15) is 0 Å². The Kier molecular flexibility index (Phi) is 5.12. The number of hydrogen-bond donors (Lipinski definition) is 0. The van der Waals surface area contributed by atoms with Crippen LogP contribution in [0, 0.1) is 11.6 Å². The van der Waals surface area contributed by atoms with Crippen LogP contribution in [-0.4, -0.2) is 9.55 Å². The maximum absolute atomic E-state index is 14.0. The van der Waals surface area contributed by atoms with Gasteiger partial charge in [-0.25, -0.2) is 13.8 Å². The van der Waals surface area contributed by atoms with Gasteiger partial charge in [0.1, 0.15) is 16.3 Å². The van der Waals surface area contributed by atoms with Gasteiger partial charge in [-0.05, 0) is 53.9 Å². The minimum atomic E-state index is -0.501. The third-order valence-electron chi connectivity index (χ3n) is 3.90. The molecule has 0 aliphatic carbocycles. The van der Waals surface area contributed by atoms with Crippen molar-refractivity contribution in [3.8, 4) is 5.69 Å². The smallest absolute Gasteiger partial charge is 0.267 e. The fourth-order valence-corrected chi connectivity index (χ4v) is 4.61. The van der Waals surface area contributed by atoms with Crippen LogP contribution in [0.5, 0.6) is 0 Å². The molecule has 0 bridgehead atoms. The predicted octanol–water partition coefficient (Wildman–Crippen LogP) is 5.78.